The van der Waals surface area contributed by atoms with E-state index >= 15 is 0 Å². The summed E-state index contributed by atoms with van der Waals surface area (Å²) < 4.78 is 7.13. The molecule has 28 aromatic rings. The van der Waals surface area contributed by atoms with Gasteiger partial charge >= 0.3 is 0 Å². The van der Waals surface area contributed by atoms with Gasteiger partial charge in [0.25, 0.3) is 0 Å². The molecule has 0 spiro atoms. The van der Waals surface area contributed by atoms with E-state index in [-0.39, 0.29) is 0 Å². The molecule has 0 saturated heterocycles. The molecule has 0 fully saturated rings. The number of rotatable bonds is 16. The molecule has 0 aliphatic rings. The summed E-state index contributed by atoms with van der Waals surface area (Å²) in [6.45, 7) is 0. The highest BCUT2D eigenvalue weighted by Gasteiger charge is 2.24. The number of para-hydroxylation sites is 4. The van der Waals surface area contributed by atoms with Crippen molar-refractivity contribution < 1.29 is 0 Å². The molecular formula is C141H94N6. The number of hydrogen-bond acceptors (Lipinski definition) is 3. The molecule has 0 radical (unpaired) electrons. The van der Waals surface area contributed by atoms with E-state index in [1.54, 1.807) is 0 Å². The van der Waals surface area contributed by atoms with E-state index < -0.39 is 0 Å². The van der Waals surface area contributed by atoms with Crippen molar-refractivity contribution in [2.45, 2.75) is 0 Å². The van der Waals surface area contributed by atoms with Crippen LogP contribution in [0.2, 0.25) is 0 Å². The Balaban J connectivity index is 0.000000112. The van der Waals surface area contributed by atoms with Gasteiger partial charge in [-0.15, -0.1) is 0 Å². The van der Waals surface area contributed by atoms with Crippen LogP contribution in [0.4, 0.5) is 0 Å². The third kappa shape index (κ3) is 16.9. The van der Waals surface area contributed by atoms with Gasteiger partial charge in [-0.3, -0.25) is 0 Å². The fourth-order valence-electron chi connectivity index (χ4n) is 21.7. The van der Waals surface area contributed by atoms with Crippen molar-refractivity contribution in [3.05, 3.63) is 570 Å². The predicted octanol–water partition coefficient (Wildman–Crippen LogP) is 37.7. The maximum absolute atomic E-state index is 5.01. The van der Waals surface area contributed by atoms with Crippen molar-refractivity contribution in [1.29, 1.82) is 0 Å². The molecule has 0 atom stereocenters. The Bertz CT molecular complexity index is 9550. The summed E-state index contributed by atoms with van der Waals surface area (Å²) in [5.74, 6) is 1.94. The zero-order valence-electron chi connectivity index (χ0n) is 80.5. The molecule has 28 rings (SSSR count). The Kier molecular flexibility index (Phi) is 23.0. The molecular weight excluding hydrogens is 1780 g/mol. The highest BCUT2D eigenvalue weighted by Crippen LogP contribution is 2.47. The molecule has 147 heavy (non-hydrogen) atoms. The van der Waals surface area contributed by atoms with Crippen LogP contribution in [0.1, 0.15) is 0 Å². The summed E-state index contributed by atoms with van der Waals surface area (Å²) in [6, 6.07) is 205. The minimum Gasteiger partial charge on any atom is -0.309 e. The van der Waals surface area contributed by atoms with Crippen molar-refractivity contribution in [3.8, 4) is 162 Å². The van der Waals surface area contributed by atoms with Gasteiger partial charge in [0.1, 0.15) is 0 Å². The van der Waals surface area contributed by atoms with Gasteiger partial charge in [0, 0.05) is 66.1 Å². The number of hydrogen-bond donors (Lipinski definition) is 0. The Morgan fingerprint density at radius 2 is 0.320 bits per heavy atom. The number of fused-ring (bicyclic) bond motifs is 15. The maximum atomic E-state index is 5.01. The molecule has 0 bridgehead atoms. The lowest BCUT2D eigenvalue weighted by Crippen LogP contribution is -2.00. The van der Waals surface area contributed by atoms with Crippen LogP contribution >= 0.6 is 0 Å². The maximum Gasteiger partial charge on any atom is 0.164 e. The average Bonchev–Trinajstić information content (AvgIpc) is 1.20. The van der Waals surface area contributed by atoms with Crippen molar-refractivity contribution in [1.82, 2.24) is 28.7 Å². The van der Waals surface area contributed by atoms with E-state index in [1.165, 1.54) is 204 Å². The molecule has 6 nitrogen and oxygen atoms in total. The van der Waals surface area contributed by atoms with Crippen molar-refractivity contribution >= 4 is 97.7 Å². The summed E-state index contributed by atoms with van der Waals surface area (Å²) in [6.07, 6.45) is 0. The summed E-state index contributed by atoms with van der Waals surface area (Å²) in [5, 5.41) is 15.1. The van der Waals surface area contributed by atoms with Crippen LogP contribution in [0.25, 0.3) is 260 Å². The molecule has 24 aromatic carbocycles. The van der Waals surface area contributed by atoms with Crippen molar-refractivity contribution in [2.75, 3.05) is 0 Å². The molecule has 4 heterocycles. The van der Waals surface area contributed by atoms with Crippen LogP contribution in [0.3, 0.4) is 0 Å². The Morgan fingerprint density at radius 1 is 0.109 bits per heavy atom. The fraction of sp³-hybridized carbons (Fsp3) is 0. The smallest absolute Gasteiger partial charge is 0.164 e. The highest BCUT2D eigenvalue weighted by atomic mass is 15.0. The molecule has 0 aliphatic carbocycles. The molecule has 0 unspecified atom stereocenters. The third-order valence-electron chi connectivity index (χ3n) is 28.8. The van der Waals surface area contributed by atoms with E-state index in [0.717, 1.165) is 39.0 Å². The molecule has 6 heteroatoms. The lowest BCUT2D eigenvalue weighted by Gasteiger charge is -2.14. The van der Waals surface area contributed by atoms with Crippen LogP contribution in [0, 0.1) is 0 Å². The number of benzene rings is 24. The molecule has 0 N–H and O–H groups in total. The van der Waals surface area contributed by atoms with E-state index in [1.807, 2.05) is 60.7 Å². The van der Waals surface area contributed by atoms with Crippen LogP contribution in [-0.4, -0.2) is 28.7 Å². The van der Waals surface area contributed by atoms with Gasteiger partial charge in [-0.1, -0.05) is 431 Å². The monoisotopic (exact) mass is 1870 g/mol. The first-order chi connectivity index (χ1) is 72.9. The van der Waals surface area contributed by atoms with Gasteiger partial charge in [-0.05, 0) is 283 Å². The van der Waals surface area contributed by atoms with Crippen LogP contribution < -0.4 is 0 Å². The van der Waals surface area contributed by atoms with Gasteiger partial charge in [0.15, 0.2) is 17.5 Å². The zero-order chi connectivity index (χ0) is 97.5. The van der Waals surface area contributed by atoms with E-state index in [9.17, 15) is 0 Å². The molecule has 0 aliphatic heterocycles. The second-order valence-corrected chi connectivity index (χ2v) is 37.6. The van der Waals surface area contributed by atoms with Gasteiger partial charge < -0.3 is 13.7 Å². The van der Waals surface area contributed by atoms with Crippen LogP contribution in [0.5, 0.6) is 0 Å². The second-order valence-electron chi connectivity index (χ2n) is 37.6. The lowest BCUT2D eigenvalue weighted by atomic mass is 9.89. The highest BCUT2D eigenvalue weighted by molar-refractivity contribution is 6.27. The minimum atomic E-state index is 0.639. The fourth-order valence-corrected chi connectivity index (χ4v) is 21.7. The van der Waals surface area contributed by atoms with Gasteiger partial charge in [0.05, 0.1) is 33.1 Å². The Morgan fingerprint density at radius 3 is 0.687 bits per heavy atom. The first-order valence-corrected chi connectivity index (χ1v) is 50.2. The summed E-state index contributed by atoms with van der Waals surface area (Å²) in [4.78, 5) is 14.9. The normalized spacial score (nSPS) is 11.4. The first kappa shape index (κ1) is 87.7. The minimum absolute atomic E-state index is 0.639. The number of nitrogens with zero attached hydrogens (tertiary/aromatic N) is 6. The topological polar surface area (TPSA) is 53.5 Å². The van der Waals surface area contributed by atoms with E-state index in [4.69, 9.17) is 15.0 Å². The summed E-state index contributed by atoms with van der Waals surface area (Å²) >= 11 is 0. The summed E-state index contributed by atoms with van der Waals surface area (Å²) in [5.41, 5.74) is 37.7. The Labute approximate surface area is 853 Å². The van der Waals surface area contributed by atoms with E-state index in [0.29, 0.717) is 17.5 Å². The molecule has 4 aromatic heterocycles. The second kappa shape index (κ2) is 38.5. The SMILES string of the molecule is c1ccc(-c2ccc3c(c2)c2c(-c4cccc(-c5nc(-c6ccccc6)nc(-c6ccccc6)n5)c4)cccc2n3-c2ccccc2)cc1.c1ccc(-c2ccc3c(c2)c2cc(-c4ccc5c(c4)c4ccccc4n5-c4ccccc4)ccc2n3-c2ccccc2)cc1.c1ccc(-c2cccc(-c3cccc(-c4ccc5c6ccccc6c6ccc(-c7cccc(-c8cccc(-c9ccccc9)c8)c7)cc6c5c4)c3)c2)cc1. The van der Waals surface area contributed by atoms with Gasteiger partial charge in [-0.25, -0.2) is 15.0 Å². The average molecular weight is 1870 g/mol. The lowest BCUT2D eigenvalue weighted by molar-refractivity contribution is 1.07. The van der Waals surface area contributed by atoms with Crippen LogP contribution in [0.15, 0.2) is 570 Å². The predicted molar refractivity (Wildman–Crippen MR) is 619 cm³/mol. The molecule has 0 amide bonds. The first-order valence-electron chi connectivity index (χ1n) is 50.2. The molecule has 0 saturated carbocycles. The van der Waals surface area contributed by atoms with Gasteiger partial charge in [0.2, 0.25) is 0 Å². The Hall–Kier alpha value is -19.5. The zero-order valence-corrected chi connectivity index (χ0v) is 80.5. The molecule has 688 valence electrons. The number of aromatic nitrogens is 6. The quantitative estimate of drug-likeness (QED) is 0.0906. The van der Waals surface area contributed by atoms with Crippen LogP contribution in [-0.2, 0) is 0 Å². The third-order valence-corrected chi connectivity index (χ3v) is 28.8. The standard InChI is InChI=1S/C54H36.C45H30N4.C42H28N2/c1-3-13-37(14-4-1)39-17-9-19-41(31-39)43-21-11-23-45(33-43)47-27-29-51-49-25-7-8-26-50(49)52-30-28-48(36-54(52)53(51)35-47)46-24-12-22-44(34-46)42-20-10-18-40(32-42)38-15-5-2-6-16-38;1-5-15-31(16-6-1)34-27-28-40-39(30-34)42-38(25-14-26-41(42)49(40)37-23-11-4-12-24-37)35-21-13-22-36(29-35)45-47-43(32-17-7-2-8-18-32)46-44(48-45)33-19-9-3-10-20-33;1-4-12-29(13-5-1)30-20-23-41-37(26-30)38-28-32(22-25-42(38)44(41)34-16-8-3-9-17-34)31-21-24-40-36(27-31)35-18-10-11-19-39(35)43(40)33-14-6-2-7-15-33/h1-36H;1-30H;1-28H. The van der Waals surface area contributed by atoms with Crippen molar-refractivity contribution in [3.63, 3.8) is 0 Å². The van der Waals surface area contributed by atoms with Gasteiger partial charge in [-0.2, -0.15) is 0 Å². The largest absolute Gasteiger partial charge is 0.309 e. The summed E-state index contributed by atoms with van der Waals surface area (Å²) in [7, 11) is 0. The van der Waals surface area contributed by atoms with E-state index in [2.05, 4.69) is 523 Å². The van der Waals surface area contributed by atoms with Crippen molar-refractivity contribution in [2.24, 2.45) is 0 Å².